The van der Waals surface area contributed by atoms with Crippen molar-refractivity contribution in [1.82, 2.24) is 9.97 Å². The third-order valence-electron chi connectivity index (χ3n) is 1.76. The Bertz CT molecular complexity index is 375. The Labute approximate surface area is 88.7 Å². The van der Waals surface area contributed by atoms with Crippen molar-refractivity contribution < 1.29 is 9.90 Å². The summed E-state index contributed by atoms with van der Waals surface area (Å²) in [6.45, 7) is 6.07. The van der Waals surface area contributed by atoms with Gasteiger partial charge < -0.3 is 5.11 Å². The van der Waals surface area contributed by atoms with Crippen molar-refractivity contribution in [1.29, 1.82) is 0 Å². The molecule has 0 aliphatic carbocycles. The van der Waals surface area contributed by atoms with Gasteiger partial charge in [0.1, 0.15) is 5.82 Å². The number of carboxylic acids is 1. The number of carboxylic acid groups (broad SMARTS) is 1. The average molecular weight is 206 g/mol. The highest BCUT2D eigenvalue weighted by atomic mass is 16.4. The van der Waals surface area contributed by atoms with E-state index in [1.807, 2.05) is 20.8 Å². The summed E-state index contributed by atoms with van der Waals surface area (Å²) in [7, 11) is 0. The van der Waals surface area contributed by atoms with Crippen LogP contribution in [0.3, 0.4) is 0 Å². The van der Waals surface area contributed by atoms with Gasteiger partial charge in [0.15, 0.2) is 0 Å². The lowest BCUT2D eigenvalue weighted by Crippen LogP contribution is -2.15. The molecule has 1 N–H and O–H groups in total. The minimum Gasteiger partial charge on any atom is -0.478 e. The van der Waals surface area contributed by atoms with Crippen LogP contribution in [0.25, 0.3) is 6.08 Å². The van der Waals surface area contributed by atoms with Crippen molar-refractivity contribution in [3.05, 3.63) is 29.9 Å². The second-order valence-electron chi connectivity index (χ2n) is 4.26. The fourth-order valence-electron chi connectivity index (χ4n) is 0.979. The zero-order valence-electron chi connectivity index (χ0n) is 9.06. The van der Waals surface area contributed by atoms with Crippen LogP contribution >= 0.6 is 0 Å². The molecule has 0 aliphatic heterocycles. The van der Waals surface area contributed by atoms with Crippen molar-refractivity contribution in [3.8, 4) is 0 Å². The van der Waals surface area contributed by atoms with Crippen LogP contribution in [-0.4, -0.2) is 21.0 Å². The predicted molar refractivity (Wildman–Crippen MR) is 57.4 cm³/mol. The van der Waals surface area contributed by atoms with Gasteiger partial charge in [0, 0.05) is 29.4 Å². The summed E-state index contributed by atoms with van der Waals surface area (Å²) in [6, 6.07) is 0. The Morgan fingerprint density at radius 1 is 1.33 bits per heavy atom. The van der Waals surface area contributed by atoms with E-state index in [-0.39, 0.29) is 5.41 Å². The Hall–Kier alpha value is -1.71. The summed E-state index contributed by atoms with van der Waals surface area (Å²) in [4.78, 5) is 18.6. The molecule has 0 spiro atoms. The lowest BCUT2D eigenvalue weighted by Gasteiger charge is -2.15. The molecule has 0 aromatic carbocycles. The molecule has 0 fully saturated rings. The zero-order valence-corrected chi connectivity index (χ0v) is 9.06. The number of aliphatic carboxylic acids is 1. The van der Waals surface area contributed by atoms with Gasteiger partial charge >= 0.3 is 5.97 Å². The number of rotatable bonds is 2. The largest absolute Gasteiger partial charge is 0.478 e. The van der Waals surface area contributed by atoms with Crippen LogP contribution in [-0.2, 0) is 10.2 Å². The van der Waals surface area contributed by atoms with E-state index in [0.717, 1.165) is 11.9 Å². The highest BCUT2D eigenvalue weighted by molar-refractivity contribution is 5.85. The van der Waals surface area contributed by atoms with Gasteiger partial charge in [-0.3, -0.25) is 0 Å². The van der Waals surface area contributed by atoms with E-state index >= 15 is 0 Å². The summed E-state index contributed by atoms with van der Waals surface area (Å²) in [6.07, 6.45) is 5.77. The van der Waals surface area contributed by atoms with E-state index in [2.05, 4.69) is 9.97 Å². The molecular weight excluding hydrogens is 192 g/mol. The molecular formula is C11H14N2O2. The Kier molecular flexibility index (Phi) is 3.19. The summed E-state index contributed by atoms with van der Waals surface area (Å²) in [5.41, 5.74) is 0.597. The molecule has 0 amide bonds. The molecule has 0 bridgehead atoms. The highest BCUT2D eigenvalue weighted by Crippen LogP contribution is 2.17. The summed E-state index contributed by atoms with van der Waals surface area (Å²) >= 11 is 0. The fraction of sp³-hybridized carbons (Fsp3) is 0.364. The quantitative estimate of drug-likeness (QED) is 0.750. The number of carbonyl (C=O) groups is 1. The standard InChI is InChI=1S/C11H14N2O2/c1-11(2,3)10-12-6-8(7-13-10)4-5-9(14)15/h4-7H,1-3H3,(H,14,15). The van der Waals surface area contributed by atoms with Crippen LogP contribution in [0.1, 0.15) is 32.2 Å². The molecule has 4 nitrogen and oxygen atoms in total. The lowest BCUT2D eigenvalue weighted by molar-refractivity contribution is -0.131. The molecule has 0 aliphatic rings. The highest BCUT2D eigenvalue weighted by Gasteiger charge is 2.16. The second kappa shape index (κ2) is 4.21. The molecule has 80 valence electrons. The summed E-state index contributed by atoms with van der Waals surface area (Å²) in [5, 5.41) is 8.43. The van der Waals surface area contributed by atoms with Gasteiger partial charge in [0.05, 0.1) is 0 Å². The topological polar surface area (TPSA) is 63.1 Å². The normalized spacial score (nSPS) is 11.9. The number of hydrogen-bond acceptors (Lipinski definition) is 3. The molecule has 0 saturated carbocycles. The molecule has 0 radical (unpaired) electrons. The number of nitrogens with zero attached hydrogens (tertiary/aromatic N) is 2. The molecule has 15 heavy (non-hydrogen) atoms. The second-order valence-corrected chi connectivity index (χ2v) is 4.26. The van der Waals surface area contributed by atoms with Crippen LogP contribution in [0, 0.1) is 0 Å². The molecule has 1 aromatic rings. The third kappa shape index (κ3) is 3.50. The maximum atomic E-state index is 10.3. The van der Waals surface area contributed by atoms with Crippen molar-refractivity contribution in [2.75, 3.05) is 0 Å². The van der Waals surface area contributed by atoms with Crippen LogP contribution in [0.15, 0.2) is 18.5 Å². The van der Waals surface area contributed by atoms with Crippen LogP contribution in [0.2, 0.25) is 0 Å². The van der Waals surface area contributed by atoms with Crippen molar-refractivity contribution in [2.24, 2.45) is 0 Å². The van der Waals surface area contributed by atoms with Gasteiger partial charge in [0.2, 0.25) is 0 Å². The maximum Gasteiger partial charge on any atom is 0.328 e. The Morgan fingerprint density at radius 3 is 2.27 bits per heavy atom. The molecule has 0 unspecified atom stereocenters. The van der Waals surface area contributed by atoms with Gasteiger partial charge in [0.25, 0.3) is 0 Å². The van der Waals surface area contributed by atoms with Gasteiger partial charge in [-0.1, -0.05) is 20.8 Å². The van der Waals surface area contributed by atoms with Crippen LogP contribution in [0.4, 0.5) is 0 Å². The van der Waals surface area contributed by atoms with E-state index in [1.54, 1.807) is 12.4 Å². The van der Waals surface area contributed by atoms with Gasteiger partial charge in [-0.15, -0.1) is 0 Å². The van der Waals surface area contributed by atoms with Crippen molar-refractivity contribution in [3.63, 3.8) is 0 Å². The van der Waals surface area contributed by atoms with Gasteiger partial charge in [-0.2, -0.15) is 0 Å². The minimum absolute atomic E-state index is 0.0883. The first-order chi connectivity index (χ1) is 6.89. The lowest BCUT2D eigenvalue weighted by atomic mass is 9.96. The predicted octanol–water partition coefficient (Wildman–Crippen LogP) is 1.87. The minimum atomic E-state index is -0.977. The van der Waals surface area contributed by atoms with E-state index in [9.17, 15) is 4.79 Å². The smallest absolute Gasteiger partial charge is 0.328 e. The monoisotopic (exact) mass is 206 g/mol. The molecule has 1 rings (SSSR count). The van der Waals surface area contributed by atoms with Gasteiger partial charge in [-0.25, -0.2) is 14.8 Å². The number of hydrogen-bond donors (Lipinski definition) is 1. The Morgan fingerprint density at radius 2 is 1.87 bits per heavy atom. The number of aromatic nitrogens is 2. The summed E-state index contributed by atoms with van der Waals surface area (Å²) < 4.78 is 0. The fourth-order valence-corrected chi connectivity index (χ4v) is 0.979. The van der Waals surface area contributed by atoms with Crippen molar-refractivity contribution >= 4 is 12.0 Å². The SMILES string of the molecule is CC(C)(C)c1ncc(C=CC(=O)O)cn1. The molecule has 0 saturated heterocycles. The van der Waals surface area contributed by atoms with Crippen LogP contribution < -0.4 is 0 Å². The zero-order chi connectivity index (χ0) is 11.5. The first kappa shape index (κ1) is 11.4. The molecule has 4 heteroatoms. The first-order valence-corrected chi connectivity index (χ1v) is 4.63. The average Bonchev–Trinajstić information content (AvgIpc) is 2.14. The first-order valence-electron chi connectivity index (χ1n) is 4.63. The summed E-state index contributed by atoms with van der Waals surface area (Å²) in [5.74, 6) is -0.232. The molecule has 1 aromatic heterocycles. The van der Waals surface area contributed by atoms with Crippen LogP contribution in [0.5, 0.6) is 0 Å². The maximum absolute atomic E-state index is 10.3. The van der Waals surface area contributed by atoms with E-state index in [1.165, 1.54) is 6.08 Å². The molecule has 1 heterocycles. The van der Waals surface area contributed by atoms with E-state index < -0.39 is 5.97 Å². The molecule has 0 atom stereocenters. The van der Waals surface area contributed by atoms with E-state index in [0.29, 0.717) is 5.56 Å². The van der Waals surface area contributed by atoms with Crippen molar-refractivity contribution in [2.45, 2.75) is 26.2 Å². The van der Waals surface area contributed by atoms with Gasteiger partial charge in [-0.05, 0) is 6.08 Å². The third-order valence-corrected chi connectivity index (χ3v) is 1.76. The van der Waals surface area contributed by atoms with E-state index in [4.69, 9.17) is 5.11 Å². The Balaban J connectivity index is 2.86.